The zero-order valence-corrected chi connectivity index (χ0v) is 10.2. The minimum absolute atomic E-state index is 0.301. The first-order valence-corrected chi connectivity index (χ1v) is 6.08. The Hall–Kier alpha value is -1.45. The quantitative estimate of drug-likeness (QED) is 0.810. The van der Waals surface area contributed by atoms with Crippen molar-refractivity contribution in [1.29, 1.82) is 0 Å². The average Bonchev–Trinajstić information content (AvgIpc) is 2.70. The molecule has 2 atom stereocenters. The van der Waals surface area contributed by atoms with Crippen LogP contribution >= 0.6 is 0 Å². The molecule has 2 heterocycles. The summed E-state index contributed by atoms with van der Waals surface area (Å²) in [7, 11) is 1.51. The first kappa shape index (κ1) is 10.7. The molecular weight excluding hydrogens is 219 g/mol. The fourth-order valence-corrected chi connectivity index (χ4v) is 2.91. The normalized spacial score (nSPS) is 26.2. The second-order valence-electron chi connectivity index (χ2n) is 4.91. The fourth-order valence-electron chi connectivity index (χ4n) is 2.91. The molecule has 3 rings (SSSR count). The van der Waals surface area contributed by atoms with Gasteiger partial charge >= 0.3 is 0 Å². The van der Waals surface area contributed by atoms with Gasteiger partial charge in [0, 0.05) is 31.3 Å². The maximum atomic E-state index is 13.6. The van der Waals surface area contributed by atoms with Crippen molar-refractivity contribution in [3.8, 4) is 5.75 Å². The molecule has 2 aliphatic rings. The van der Waals surface area contributed by atoms with Crippen LogP contribution in [0.5, 0.6) is 5.75 Å². The van der Waals surface area contributed by atoms with Crippen LogP contribution in [0.15, 0.2) is 12.1 Å². The van der Waals surface area contributed by atoms with E-state index in [0.29, 0.717) is 17.7 Å². The van der Waals surface area contributed by atoms with E-state index in [1.165, 1.54) is 19.6 Å². The molecule has 0 saturated carbocycles. The summed E-state index contributed by atoms with van der Waals surface area (Å²) in [4.78, 5) is 2.37. The first-order chi connectivity index (χ1) is 8.20. The largest absolute Gasteiger partial charge is 0.494 e. The van der Waals surface area contributed by atoms with Crippen molar-refractivity contribution in [2.75, 3.05) is 30.4 Å². The SMILES string of the molecule is COc1cc2c(cc1F)NCC1C(C)CCN21. The second-order valence-corrected chi connectivity index (χ2v) is 4.91. The van der Waals surface area contributed by atoms with E-state index in [-0.39, 0.29) is 5.82 Å². The lowest BCUT2D eigenvalue weighted by atomic mass is 10.0. The van der Waals surface area contributed by atoms with Crippen LogP contribution < -0.4 is 15.0 Å². The lowest BCUT2D eigenvalue weighted by molar-refractivity contribution is 0.386. The van der Waals surface area contributed by atoms with Crippen LogP contribution in [0.3, 0.4) is 0 Å². The third kappa shape index (κ3) is 1.54. The number of hydrogen-bond acceptors (Lipinski definition) is 3. The summed E-state index contributed by atoms with van der Waals surface area (Å²) < 4.78 is 18.7. The van der Waals surface area contributed by atoms with E-state index in [0.717, 1.165) is 24.5 Å². The molecule has 1 aromatic carbocycles. The molecule has 17 heavy (non-hydrogen) atoms. The summed E-state index contributed by atoms with van der Waals surface area (Å²) in [5, 5.41) is 3.32. The molecule has 1 saturated heterocycles. The standard InChI is InChI=1S/C13H17FN2O/c1-8-3-4-16-11-6-13(17-2)9(14)5-10(11)15-7-12(8)16/h5-6,8,12,15H,3-4,7H2,1-2H3. The van der Waals surface area contributed by atoms with Crippen LogP contribution in [0.1, 0.15) is 13.3 Å². The smallest absolute Gasteiger partial charge is 0.167 e. The third-order valence-electron chi connectivity index (χ3n) is 3.96. The van der Waals surface area contributed by atoms with Gasteiger partial charge in [0.25, 0.3) is 0 Å². The molecule has 92 valence electrons. The van der Waals surface area contributed by atoms with Crippen LogP contribution in [-0.2, 0) is 0 Å². The van der Waals surface area contributed by atoms with Crippen LogP contribution in [0.2, 0.25) is 0 Å². The number of anilines is 2. The van der Waals surface area contributed by atoms with E-state index in [1.54, 1.807) is 0 Å². The number of fused-ring (bicyclic) bond motifs is 3. The Morgan fingerprint density at radius 3 is 3.06 bits per heavy atom. The number of benzene rings is 1. The highest BCUT2D eigenvalue weighted by Crippen LogP contribution is 2.41. The number of nitrogens with one attached hydrogen (secondary N) is 1. The zero-order chi connectivity index (χ0) is 12.0. The number of rotatable bonds is 1. The second kappa shape index (κ2) is 3.79. The molecular formula is C13H17FN2O. The van der Waals surface area contributed by atoms with Gasteiger partial charge in [0.2, 0.25) is 0 Å². The van der Waals surface area contributed by atoms with Crippen LogP contribution in [0.25, 0.3) is 0 Å². The van der Waals surface area contributed by atoms with Gasteiger partial charge in [-0.05, 0) is 12.3 Å². The molecule has 1 fully saturated rings. The summed E-state index contributed by atoms with van der Waals surface area (Å²) in [6.45, 7) is 4.23. The minimum atomic E-state index is -0.301. The monoisotopic (exact) mass is 236 g/mol. The first-order valence-electron chi connectivity index (χ1n) is 6.08. The van der Waals surface area contributed by atoms with Crippen molar-refractivity contribution in [1.82, 2.24) is 0 Å². The van der Waals surface area contributed by atoms with Gasteiger partial charge in [-0.3, -0.25) is 0 Å². The van der Waals surface area contributed by atoms with Gasteiger partial charge in [0.15, 0.2) is 11.6 Å². The van der Waals surface area contributed by atoms with Gasteiger partial charge in [-0.25, -0.2) is 4.39 Å². The number of nitrogens with zero attached hydrogens (tertiary/aromatic N) is 1. The van der Waals surface area contributed by atoms with E-state index >= 15 is 0 Å². The Kier molecular flexibility index (Phi) is 2.38. The Balaban J connectivity index is 2.05. The Labute approximate surface area is 101 Å². The highest BCUT2D eigenvalue weighted by molar-refractivity contribution is 5.75. The summed E-state index contributed by atoms with van der Waals surface area (Å²) in [5.74, 6) is 0.710. The molecule has 4 heteroatoms. The van der Waals surface area contributed by atoms with E-state index in [2.05, 4.69) is 17.1 Å². The maximum absolute atomic E-state index is 13.6. The lowest BCUT2D eigenvalue weighted by Gasteiger charge is -2.36. The van der Waals surface area contributed by atoms with Crippen LogP contribution in [0, 0.1) is 11.7 Å². The molecule has 1 N–H and O–H groups in total. The highest BCUT2D eigenvalue weighted by Gasteiger charge is 2.35. The molecule has 0 bridgehead atoms. The van der Waals surface area contributed by atoms with Gasteiger partial charge in [0.05, 0.1) is 18.5 Å². The summed E-state index contributed by atoms with van der Waals surface area (Å²) in [5.41, 5.74) is 1.96. The lowest BCUT2D eigenvalue weighted by Crippen LogP contribution is -2.41. The van der Waals surface area contributed by atoms with E-state index < -0.39 is 0 Å². The van der Waals surface area contributed by atoms with Gasteiger partial charge in [-0.15, -0.1) is 0 Å². The molecule has 2 aliphatic heterocycles. The van der Waals surface area contributed by atoms with E-state index in [1.807, 2.05) is 6.07 Å². The summed E-state index contributed by atoms with van der Waals surface area (Å²) in [6.07, 6.45) is 1.20. The molecule has 0 radical (unpaired) electrons. The minimum Gasteiger partial charge on any atom is -0.494 e. The fraction of sp³-hybridized carbons (Fsp3) is 0.538. The molecule has 2 unspecified atom stereocenters. The third-order valence-corrected chi connectivity index (χ3v) is 3.96. The highest BCUT2D eigenvalue weighted by atomic mass is 19.1. The molecule has 0 aliphatic carbocycles. The van der Waals surface area contributed by atoms with Crippen molar-refractivity contribution >= 4 is 11.4 Å². The summed E-state index contributed by atoms with van der Waals surface area (Å²) in [6, 6.07) is 3.87. The molecule has 0 amide bonds. The van der Waals surface area contributed by atoms with Crippen LogP contribution in [-0.4, -0.2) is 26.2 Å². The van der Waals surface area contributed by atoms with Crippen LogP contribution in [0.4, 0.5) is 15.8 Å². The number of halogens is 1. The molecule has 0 aromatic heterocycles. The van der Waals surface area contributed by atoms with E-state index in [9.17, 15) is 4.39 Å². The molecule has 3 nitrogen and oxygen atoms in total. The van der Waals surface area contributed by atoms with Crippen molar-refractivity contribution < 1.29 is 9.13 Å². The average molecular weight is 236 g/mol. The van der Waals surface area contributed by atoms with Crippen molar-refractivity contribution in [3.05, 3.63) is 17.9 Å². The van der Waals surface area contributed by atoms with Crippen molar-refractivity contribution in [2.24, 2.45) is 5.92 Å². The Bertz CT molecular complexity index is 449. The Morgan fingerprint density at radius 1 is 1.47 bits per heavy atom. The van der Waals surface area contributed by atoms with Gasteiger partial charge in [-0.2, -0.15) is 0 Å². The van der Waals surface area contributed by atoms with E-state index in [4.69, 9.17) is 4.74 Å². The Morgan fingerprint density at radius 2 is 2.29 bits per heavy atom. The van der Waals surface area contributed by atoms with Crippen molar-refractivity contribution in [3.63, 3.8) is 0 Å². The van der Waals surface area contributed by atoms with Crippen molar-refractivity contribution in [2.45, 2.75) is 19.4 Å². The predicted molar refractivity (Wildman–Crippen MR) is 66.4 cm³/mol. The maximum Gasteiger partial charge on any atom is 0.167 e. The summed E-state index contributed by atoms with van der Waals surface area (Å²) >= 11 is 0. The van der Waals surface area contributed by atoms with Gasteiger partial charge in [-0.1, -0.05) is 6.92 Å². The predicted octanol–water partition coefficient (Wildman–Crippen LogP) is 2.47. The number of methoxy groups -OCH3 is 1. The van der Waals surface area contributed by atoms with Gasteiger partial charge in [0.1, 0.15) is 0 Å². The zero-order valence-electron chi connectivity index (χ0n) is 10.2. The number of hydrogen-bond donors (Lipinski definition) is 1. The van der Waals surface area contributed by atoms with Gasteiger partial charge < -0.3 is 15.0 Å². The molecule has 0 spiro atoms. The topological polar surface area (TPSA) is 24.5 Å². The molecule has 1 aromatic rings. The number of ether oxygens (including phenoxy) is 1.